The van der Waals surface area contributed by atoms with E-state index in [0.717, 1.165) is 15.6 Å². The Balaban J connectivity index is 2.13. The first-order valence-corrected chi connectivity index (χ1v) is 8.75. The van der Waals surface area contributed by atoms with Gasteiger partial charge in [0.05, 0.1) is 0 Å². The molecule has 1 aromatic rings. The summed E-state index contributed by atoms with van der Waals surface area (Å²) in [7, 11) is 0. The minimum atomic E-state index is 0.226. The summed E-state index contributed by atoms with van der Waals surface area (Å²) in [6.07, 6.45) is 5.24. The average molecular weight is 328 g/mol. The van der Waals surface area contributed by atoms with Crippen molar-refractivity contribution < 1.29 is 0 Å². The van der Waals surface area contributed by atoms with Gasteiger partial charge in [-0.3, -0.25) is 0 Å². The summed E-state index contributed by atoms with van der Waals surface area (Å²) >= 11 is 12.5. The van der Waals surface area contributed by atoms with Crippen LogP contribution in [0.25, 0.3) is 0 Å². The van der Waals surface area contributed by atoms with Crippen LogP contribution in [0.15, 0.2) is 18.2 Å². The van der Waals surface area contributed by atoms with E-state index in [0.29, 0.717) is 17.4 Å². The number of rotatable bonds is 3. The standard InChI is InChI=1S/C18H27Cl2N/c1-12(14-11-13(19)9-10-16(14)20)21-17-8-6-5-7-15(17)18(2,3)4/h9-12,15,17,21H,5-8H2,1-4H3. The second-order valence-corrected chi connectivity index (χ2v) is 8.26. The van der Waals surface area contributed by atoms with E-state index in [4.69, 9.17) is 23.2 Å². The molecule has 3 heteroatoms. The van der Waals surface area contributed by atoms with Crippen molar-refractivity contribution in [2.24, 2.45) is 11.3 Å². The third kappa shape index (κ3) is 4.37. The average Bonchev–Trinajstić information content (AvgIpc) is 2.41. The third-order valence-corrected chi connectivity index (χ3v) is 5.35. The number of benzene rings is 1. The Morgan fingerprint density at radius 1 is 1.14 bits per heavy atom. The third-order valence-electron chi connectivity index (χ3n) is 4.77. The first-order valence-electron chi connectivity index (χ1n) is 8.00. The normalized spacial score (nSPS) is 24.9. The van der Waals surface area contributed by atoms with Crippen molar-refractivity contribution in [3.63, 3.8) is 0 Å². The predicted molar refractivity (Wildman–Crippen MR) is 93.2 cm³/mol. The van der Waals surface area contributed by atoms with Crippen molar-refractivity contribution >= 4 is 23.2 Å². The van der Waals surface area contributed by atoms with E-state index in [1.54, 1.807) is 0 Å². The monoisotopic (exact) mass is 327 g/mol. The van der Waals surface area contributed by atoms with Gasteiger partial charge in [0.25, 0.3) is 0 Å². The van der Waals surface area contributed by atoms with Crippen molar-refractivity contribution in [1.82, 2.24) is 5.32 Å². The molecule has 0 bridgehead atoms. The zero-order valence-corrected chi connectivity index (χ0v) is 15.1. The van der Waals surface area contributed by atoms with Crippen molar-refractivity contribution in [3.05, 3.63) is 33.8 Å². The van der Waals surface area contributed by atoms with Gasteiger partial charge in [-0.2, -0.15) is 0 Å². The van der Waals surface area contributed by atoms with Gasteiger partial charge >= 0.3 is 0 Å². The highest BCUT2D eigenvalue weighted by Gasteiger charge is 2.34. The molecule has 3 unspecified atom stereocenters. The predicted octanol–water partition coefficient (Wildman–Crippen LogP) is 6.25. The van der Waals surface area contributed by atoms with Gasteiger partial charge in [0.1, 0.15) is 0 Å². The van der Waals surface area contributed by atoms with Crippen LogP contribution >= 0.6 is 23.2 Å². The smallest absolute Gasteiger partial charge is 0.0454 e. The van der Waals surface area contributed by atoms with Gasteiger partial charge in [0.2, 0.25) is 0 Å². The molecule has 0 heterocycles. The van der Waals surface area contributed by atoms with Gasteiger partial charge in [-0.05, 0) is 54.9 Å². The number of nitrogens with one attached hydrogen (secondary N) is 1. The van der Waals surface area contributed by atoms with Crippen LogP contribution in [0.1, 0.15) is 65.0 Å². The molecular weight excluding hydrogens is 301 g/mol. The van der Waals surface area contributed by atoms with E-state index in [1.165, 1.54) is 25.7 Å². The van der Waals surface area contributed by atoms with Crippen molar-refractivity contribution in [3.8, 4) is 0 Å². The summed E-state index contributed by atoms with van der Waals surface area (Å²) in [5, 5.41) is 5.36. The highest BCUT2D eigenvalue weighted by molar-refractivity contribution is 6.33. The summed E-state index contributed by atoms with van der Waals surface area (Å²) in [5.74, 6) is 0.714. The van der Waals surface area contributed by atoms with Gasteiger partial charge < -0.3 is 5.32 Å². The van der Waals surface area contributed by atoms with Gasteiger partial charge in [-0.25, -0.2) is 0 Å². The lowest BCUT2D eigenvalue weighted by atomic mass is 9.69. The fraction of sp³-hybridized carbons (Fsp3) is 0.667. The van der Waals surface area contributed by atoms with Gasteiger partial charge in [0, 0.05) is 22.1 Å². The molecule has 1 fully saturated rings. The highest BCUT2D eigenvalue weighted by Crippen LogP contribution is 2.39. The Labute approximate surface area is 139 Å². The molecule has 1 aliphatic rings. The van der Waals surface area contributed by atoms with Crippen molar-refractivity contribution in [1.29, 1.82) is 0 Å². The summed E-state index contributed by atoms with van der Waals surface area (Å²) < 4.78 is 0. The quantitative estimate of drug-likeness (QED) is 0.691. The topological polar surface area (TPSA) is 12.0 Å². The number of halogens is 2. The Bertz CT molecular complexity index is 479. The molecule has 1 N–H and O–H groups in total. The van der Waals surface area contributed by atoms with Crippen LogP contribution in [0.3, 0.4) is 0 Å². The number of hydrogen-bond donors (Lipinski definition) is 1. The van der Waals surface area contributed by atoms with Gasteiger partial charge in [0.15, 0.2) is 0 Å². The molecule has 0 radical (unpaired) electrons. The van der Waals surface area contributed by atoms with Gasteiger partial charge in [-0.1, -0.05) is 56.8 Å². The molecule has 0 amide bonds. The summed E-state index contributed by atoms with van der Waals surface area (Å²) in [4.78, 5) is 0. The molecule has 0 aliphatic heterocycles. The second-order valence-electron chi connectivity index (χ2n) is 7.42. The minimum absolute atomic E-state index is 0.226. The van der Waals surface area contributed by atoms with Crippen LogP contribution in [-0.2, 0) is 0 Å². The fourth-order valence-electron chi connectivity index (χ4n) is 3.62. The summed E-state index contributed by atoms with van der Waals surface area (Å²) in [5.41, 5.74) is 1.44. The molecule has 1 aliphatic carbocycles. The largest absolute Gasteiger partial charge is 0.307 e. The fourth-order valence-corrected chi connectivity index (χ4v) is 4.09. The maximum absolute atomic E-state index is 6.34. The molecule has 0 aromatic heterocycles. The molecule has 21 heavy (non-hydrogen) atoms. The highest BCUT2D eigenvalue weighted by atomic mass is 35.5. The SMILES string of the molecule is CC(NC1CCCCC1C(C)(C)C)c1cc(Cl)ccc1Cl. The molecule has 3 atom stereocenters. The lowest BCUT2D eigenvalue weighted by Crippen LogP contribution is -2.45. The Hall–Kier alpha value is -0.240. The molecule has 1 aromatic carbocycles. The van der Waals surface area contributed by atoms with E-state index in [2.05, 4.69) is 33.0 Å². The molecule has 1 nitrogen and oxygen atoms in total. The van der Waals surface area contributed by atoms with E-state index in [9.17, 15) is 0 Å². The van der Waals surface area contributed by atoms with Crippen LogP contribution < -0.4 is 5.32 Å². The first kappa shape index (κ1) is 17.1. The van der Waals surface area contributed by atoms with E-state index in [-0.39, 0.29) is 6.04 Å². The summed E-state index contributed by atoms with van der Waals surface area (Å²) in [6, 6.07) is 6.50. The zero-order valence-electron chi connectivity index (χ0n) is 13.5. The van der Waals surface area contributed by atoms with E-state index >= 15 is 0 Å². The Morgan fingerprint density at radius 3 is 2.48 bits per heavy atom. The Kier molecular flexibility index (Phi) is 5.62. The van der Waals surface area contributed by atoms with Crippen LogP contribution in [-0.4, -0.2) is 6.04 Å². The van der Waals surface area contributed by atoms with Crippen molar-refractivity contribution in [2.45, 2.75) is 65.5 Å². The zero-order chi connectivity index (χ0) is 15.6. The maximum Gasteiger partial charge on any atom is 0.0454 e. The van der Waals surface area contributed by atoms with Crippen LogP contribution in [0.4, 0.5) is 0 Å². The molecule has 118 valence electrons. The maximum atomic E-state index is 6.34. The van der Waals surface area contributed by atoms with E-state index < -0.39 is 0 Å². The molecule has 2 rings (SSSR count). The van der Waals surface area contributed by atoms with Gasteiger partial charge in [-0.15, -0.1) is 0 Å². The summed E-state index contributed by atoms with van der Waals surface area (Å²) in [6.45, 7) is 9.25. The van der Waals surface area contributed by atoms with Crippen LogP contribution in [0.5, 0.6) is 0 Å². The van der Waals surface area contributed by atoms with E-state index in [1.807, 2.05) is 18.2 Å². The number of hydrogen-bond acceptors (Lipinski definition) is 1. The lowest BCUT2D eigenvalue weighted by Gasteiger charge is -2.42. The van der Waals surface area contributed by atoms with Crippen LogP contribution in [0.2, 0.25) is 10.0 Å². The first-order chi connectivity index (χ1) is 9.79. The molecule has 1 saturated carbocycles. The molecule has 0 spiro atoms. The Morgan fingerprint density at radius 2 is 1.81 bits per heavy atom. The second kappa shape index (κ2) is 6.89. The molecule has 0 saturated heterocycles. The van der Waals surface area contributed by atoms with Crippen LogP contribution in [0, 0.1) is 11.3 Å². The molecular formula is C18H27Cl2N. The minimum Gasteiger partial charge on any atom is -0.307 e. The lowest BCUT2D eigenvalue weighted by molar-refractivity contribution is 0.124. The van der Waals surface area contributed by atoms with Crippen molar-refractivity contribution in [2.75, 3.05) is 0 Å².